The molecule has 13 heavy (non-hydrogen) atoms. The van der Waals surface area contributed by atoms with Crippen molar-refractivity contribution >= 4 is 5.91 Å². The van der Waals surface area contributed by atoms with Crippen LogP contribution in [-0.2, 0) is 4.79 Å². The summed E-state index contributed by atoms with van der Waals surface area (Å²) in [6.45, 7) is 6.05. The van der Waals surface area contributed by atoms with Crippen LogP contribution in [0.15, 0.2) is 0 Å². The standard InChI is InChI=1S/C10H20N2O/c1-3-8(2)10(13)12-9-5-4-6-11-7-9/h8-9,11H,3-7H2,1-2H3,(H,12,13). The first-order valence-corrected chi connectivity index (χ1v) is 5.25. The molecule has 0 aliphatic carbocycles. The lowest BCUT2D eigenvalue weighted by Gasteiger charge is -2.25. The minimum absolute atomic E-state index is 0.155. The summed E-state index contributed by atoms with van der Waals surface area (Å²) in [6.07, 6.45) is 3.21. The van der Waals surface area contributed by atoms with Crippen molar-refractivity contribution in [2.45, 2.75) is 39.2 Å². The average molecular weight is 184 g/mol. The summed E-state index contributed by atoms with van der Waals surface area (Å²) in [5.74, 6) is 0.359. The molecule has 1 fully saturated rings. The molecule has 0 aromatic rings. The van der Waals surface area contributed by atoms with Crippen LogP contribution in [-0.4, -0.2) is 25.0 Å². The molecule has 1 aliphatic heterocycles. The Morgan fingerprint density at radius 1 is 1.69 bits per heavy atom. The molecule has 3 nitrogen and oxygen atoms in total. The Labute approximate surface area is 80.3 Å². The smallest absolute Gasteiger partial charge is 0.223 e. The Bertz CT molecular complexity index is 164. The van der Waals surface area contributed by atoms with Crippen LogP contribution >= 0.6 is 0 Å². The van der Waals surface area contributed by atoms with Gasteiger partial charge in [0.15, 0.2) is 0 Å². The molecule has 1 rings (SSSR count). The number of piperidine rings is 1. The van der Waals surface area contributed by atoms with Crippen LogP contribution in [0.3, 0.4) is 0 Å². The molecule has 2 atom stereocenters. The molecule has 1 amide bonds. The average Bonchev–Trinajstić information content (AvgIpc) is 2.18. The van der Waals surface area contributed by atoms with Crippen LogP contribution in [0.5, 0.6) is 0 Å². The zero-order chi connectivity index (χ0) is 9.68. The maximum Gasteiger partial charge on any atom is 0.223 e. The Morgan fingerprint density at radius 3 is 3.00 bits per heavy atom. The van der Waals surface area contributed by atoms with Crippen LogP contribution in [0, 0.1) is 5.92 Å². The van der Waals surface area contributed by atoms with E-state index in [1.54, 1.807) is 0 Å². The summed E-state index contributed by atoms with van der Waals surface area (Å²) in [7, 11) is 0. The Balaban J connectivity index is 2.26. The minimum atomic E-state index is 0.155. The van der Waals surface area contributed by atoms with Crippen LogP contribution in [0.4, 0.5) is 0 Å². The topological polar surface area (TPSA) is 41.1 Å². The van der Waals surface area contributed by atoms with E-state index in [0.717, 1.165) is 25.9 Å². The zero-order valence-corrected chi connectivity index (χ0v) is 8.60. The molecular formula is C10H20N2O. The van der Waals surface area contributed by atoms with Crippen molar-refractivity contribution in [3.05, 3.63) is 0 Å². The van der Waals surface area contributed by atoms with Gasteiger partial charge >= 0.3 is 0 Å². The summed E-state index contributed by atoms with van der Waals surface area (Å²) >= 11 is 0. The molecule has 0 spiro atoms. The van der Waals surface area contributed by atoms with Crippen molar-refractivity contribution in [3.8, 4) is 0 Å². The van der Waals surface area contributed by atoms with Gasteiger partial charge in [0.05, 0.1) is 0 Å². The number of amides is 1. The van der Waals surface area contributed by atoms with Crippen molar-refractivity contribution < 1.29 is 4.79 Å². The Morgan fingerprint density at radius 2 is 2.46 bits per heavy atom. The van der Waals surface area contributed by atoms with E-state index in [2.05, 4.69) is 10.6 Å². The highest BCUT2D eigenvalue weighted by atomic mass is 16.1. The van der Waals surface area contributed by atoms with Gasteiger partial charge in [-0.05, 0) is 25.8 Å². The van der Waals surface area contributed by atoms with Gasteiger partial charge < -0.3 is 10.6 Å². The molecule has 1 saturated heterocycles. The monoisotopic (exact) mass is 184 g/mol. The number of rotatable bonds is 3. The first kappa shape index (κ1) is 10.5. The fourth-order valence-electron chi connectivity index (χ4n) is 1.50. The summed E-state index contributed by atoms with van der Waals surface area (Å²) in [5.41, 5.74) is 0. The third-order valence-electron chi connectivity index (χ3n) is 2.70. The van der Waals surface area contributed by atoms with Gasteiger partial charge in [0, 0.05) is 18.5 Å². The predicted molar refractivity (Wildman–Crippen MR) is 53.5 cm³/mol. The van der Waals surface area contributed by atoms with E-state index in [1.807, 2.05) is 13.8 Å². The van der Waals surface area contributed by atoms with Gasteiger partial charge in [-0.2, -0.15) is 0 Å². The fraction of sp³-hybridized carbons (Fsp3) is 0.900. The first-order valence-electron chi connectivity index (χ1n) is 5.25. The number of carbonyl (C=O) groups is 1. The molecule has 3 heteroatoms. The lowest BCUT2D eigenvalue weighted by atomic mass is 10.0. The second kappa shape index (κ2) is 5.22. The Kier molecular flexibility index (Phi) is 4.22. The van der Waals surface area contributed by atoms with Crippen molar-refractivity contribution in [3.63, 3.8) is 0 Å². The van der Waals surface area contributed by atoms with Gasteiger partial charge in [0.2, 0.25) is 5.91 Å². The number of nitrogens with one attached hydrogen (secondary N) is 2. The van der Waals surface area contributed by atoms with Gasteiger partial charge in [-0.15, -0.1) is 0 Å². The fourth-order valence-corrected chi connectivity index (χ4v) is 1.50. The van der Waals surface area contributed by atoms with Crippen molar-refractivity contribution in [1.82, 2.24) is 10.6 Å². The normalized spacial score (nSPS) is 25.2. The largest absolute Gasteiger partial charge is 0.352 e. The lowest BCUT2D eigenvalue weighted by molar-refractivity contribution is -0.125. The van der Waals surface area contributed by atoms with Gasteiger partial charge in [-0.1, -0.05) is 13.8 Å². The molecule has 0 aromatic heterocycles. The van der Waals surface area contributed by atoms with E-state index in [4.69, 9.17) is 0 Å². The van der Waals surface area contributed by atoms with Gasteiger partial charge in [-0.3, -0.25) is 4.79 Å². The van der Waals surface area contributed by atoms with Gasteiger partial charge in [-0.25, -0.2) is 0 Å². The summed E-state index contributed by atoms with van der Waals surface area (Å²) < 4.78 is 0. The molecule has 0 saturated carbocycles. The third-order valence-corrected chi connectivity index (χ3v) is 2.70. The highest BCUT2D eigenvalue weighted by Gasteiger charge is 2.17. The van der Waals surface area contributed by atoms with E-state index >= 15 is 0 Å². The molecular weight excluding hydrogens is 164 g/mol. The van der Waals surface area contributed by atoms with Crippen LogP contribution < -0.4 is 10.6 Å². The molecule has 1 aliphatic rings. The summed E-state index contributed by atoms with van der Waals surface area (Å²) in [4.78, 5) is 11.5. The van der Waals surface area contributed by atoms with Crippen LogP contribution in [0.25, 0.3) is 0 Å². The number of hydrogen-bond donors (Lipinski definition) is 2. The number of hydrogen-bond acceptors (Lipinski definition) is 2. The van der Waals surface area contributed by atoms with E-state index in [9.17, 15) is 4.79 Å². The van der Waals surface area contributed by atoms with E-state index < -0.39 is 0 Å². The van der Waals surface area contributed by atoms with Crippen molar-refractivity contribution in [2.24, 2.45) is 5.92 Å². The van der Waals surface area contributed by atoms with E-state index in [0.29, 0.717) is 6.04 Å². The Hall–Kier alpha value is -0.570. The highest BCUT2D eigenvalue weighted by molar-refractivity contribution is 5.78. The van der Waals surface area contributed by atoms with Crippen LogP contribution in [0.1, 0.15) is 33.1 Å². The van der Waals surface area contributed by atoms with Crippen molar-refractivity contribution in [2.75, 3.05) is 13.1 Å². The second-order valence-electron chi connectivity index (χ2n) is 3.86. The maximum absolute atomic E-state index is 11.5. The summed E-state index contributed by atoms with van der Waals surface area (Å²) in [5, 5.41) is 6.35. The lowest BCUT2D eigenvalue weighted by Crippen LogP contribution is -2.47. The molecule has 0 bridgehead atoms. The molecule has 2 N–H and O–H groups in total. The zero-order valence-electron chi connectivity index (χ0n) is 8.60. The van der Waals surface area contributed by atoms with E-state index in [-0.39, 0.29) is 11.8 Å². The maximum atomic E-state index is 11.5. The first-order chi connectivity index (χ1) is 6.24. The molecule has 76 valence electrons. The highest BCUT2D eigenvalue weighted by Crippen LogP contribution is 2.05. The summed E-state index contributed by atoms with van der Waals surface area (Å²) in [6, 6.07) is 0.357. The van der Waals surface area contributed by atoms with Crippen LogP contribution in [0.2, 0.25) is 0 Å². The minimum Gasteiger partial charge on any atom is -0.352 e. The predicted octanol–water partition coefficient (Wildman–Crippen LogP) is 0.901. The van der Waals surface area contributed by atoms with Crippen molar-refractivity contribution in [1.29, 1.82) is 0 Å². The quantitative estimate of drug-likeness (QED) is 0.684. The third kappa shape index (κ3) is 3.35. The second-order valence-corrected chi connectivity index (χ2v) is 3.86. The molecule has 2 unspecified atom stereocenters. The number of carbonyl (C=O) groups excluding carboxylic acids is 1. The molecule has 1 heterocycles. The molecule has 0 radical (unpaired) electrons. The molecule has 0 aromatic carbocycles. The van der Waals surface area contributed by atoms with Gasteiger partial charge in [0.25, 0.3) is 0 Å². The SMILES string of the molecule is CCC(C)C(=O)NC1CCCNC1. The van der Waals surface area contributed by atoms with Gasteiger partial charge in [0.1, 0.15) is 0 Å². The van der Waals surface area contributed by atoms with E-state index in [1.165, 1.54) is 6.42 Å².